The fraction of sp³-hybridized carbons (Fsp3) is 0.611. The van der Waals surface area contributed by atoms with Crippen LogP contribution in [0.1, 0.15) is 52.9 Å². The quantitative estimate of drug-likeness (QED) is 0.652. The van der Waals surface area contributed by atoms with Crippen LogP contribution in [0.15, 0.2) is 24.3 Å². The number of hydrogen-bond donors (Lipinski definition) is 1. The van der Waals surface area contributed by atoms with E-state index < -0.39 is 5.60 Å². The third kappa shape index (κ3) is 5.68. The van der Waals surface area contributed by atoms with Crippen LogP contribution >= 0.6 is 0 Å². The van der Waals surface area contributed by atoms with Crippen LogP contribution in [0.5, 0.6) is 5.75 Å². The Labute approximate surface area is 134 Å². The molecule has 0 saturated carbocycles. The predicted molar refractivity (Wildman–Crippen MR) is 90.4 cm³/mol. The number of anilines is 1. The van der Waals surface area contributed by atoms with Gasteiger partial charge in [0.05, 0.1) is 7.11 Å². The SMILES string of the molecule is CCCCC[C@@](C)(OCCC)C(=O)Nc1ccc(OC)cc1. The van der Waals surface area contributed by atoms with Gasteiger partial charge < -0.3 is 14.8 Å². The summed E-state index contributed by atoms with van der Waals surface area (Å²) in [6.45, 7) is 6.69. The normalized spacial score (nSPS) is 13.5. The molecule has 1 rings (SSSR count). The zero-order valence-corrected chi connectivity index (χ0v) is 14.3. The first-order valence-electron chi connectivity index (χ1n) is 8.15. The minimum atomic E-state index is -0.773. The van der Waals surface area contributed by atoms with Gasteiger partial charge in [0, 0.05) is 12.3 Å². The lowest BCUT2D eigenvalue weighted by atomic mass is 9.96. The van der Waals surface area contributed by atoms with Crippen molar-refractivity contribution in [3.8, 4) is 5.75 Å². The topological polar surface area (TPSA) is 47.6 Å². The molecule has 0 saturated heterocycles. The largest absolute Gasteiger partial charge is 0.497 e. The monoisotopic (exact) mass is 307 g/mol. The lowest BCUT2D eigenvalue weighted by Gasteiger charge is -2.28. The second kappa shape index (κ2) is 9.46. The molecule has 0 aliphatic heterocycles. The van der Waals surface area contributed by atoms with Gasteiger partial charge in [-0.05, 0) is 44.0 Å². The highest BCUT2D eigenvalue weighted by atomic mass is 16.5. The van der Waals surface area contributed by atoms with E-state index in [1.165, 1.54) is 0 Å². The number of methoxy groups -OCH3 is 1. The number of hydrogen-bond acceptors (Lipinski definition) is 3. The predicted octanol–water partition coefficient (Wildman–Crippen LogP) is 4.40. The summed E-state index contributed by atoms with van der Waals surface area (Å²) in [4.78, 5) is 12.6. The van der Waals surface area contributed by atoms with Gasteiger partial charge in [0.15, 0.2) is 0 Å². The zero-order chi connectivity index (χ0) is 16.4. The highest BCUT2D eigenvalue weighted by Gasteiger charge is 2.33. The van der Waals surface area contributed by atoms with Gasteiger partial charge in [0.2, 0.25) is 0 Å². The summed E-state index contributed by atoms with van der Waals surface area (Å²) < 4.78 is 11.0. The number of carbonyl (C=O) groups excluding carboxylic acids is 1. The molecule has 1 N–H and O–H groups in total. The van der Waals surface area contributed by atoms with Crippen LogP contribution in [0.25, 0.3) is 0 Å². The fourth-order valence-electron chi connectivity index (χ4n) is 2.23. The second-order valence-corrected chi connectivity index (χ2v) is 5.72. The number of rotatable bonds is 10. The number of nitrogens with one attached hydrogen (secondary N) is 1. The Morgan fingerprint density at radius 3 is 2.36 bits per heavy atom. The average Bonchev–Trinajstić information content (AvgIpc) is 2.54. The number of unbranched alkanes of at least 4 members (excludes halogenated alkanes) is 2. The van der Waals surface area contributed by atoms with Gasteiger partial charge in [0.25, 0.3) is 5.91 Å². The molecule has 0 spiro atoms. The van der Waals surface area contributed by atoms with Crippen molar-refractivity contribution in [1.82, 2.24) is 0 Å². The standard InChI is InChI=1S/C18H29NO3/c1-5-7-8-13-18(3,22-14-6-2)17(20)19-15-9-11-16(21-4)12-10-15/h9-12H,5-8,13-14H2,1-4H3,(H,19,20)/t18-/m1/s1. The summed E-state index contributed by atoms with van der Waals surface area (Å²) in [6, 6.07) is 7.33. The van der Waals surface area contributed by atoms with Crippen molar-refractivity contribution in [2.45, 2.75) is 58.5 Å². The molecule has 1 atom stereocenters. The van der Waals surface area contributed by atoms with Crippen molar-refractivity contribution in [3.05, 3.63) is 24.3 Å². The van der Waals surface area contributed by atoms with Crippen molar-refractivity contribution >= 4 is 11.6 Å². The maximum Gasteiger partial charge on any atom is 0.256 e. The summed E-state index contributed by atoms with van der Waals surface area (Å²) in [7, 11) is 1.62. The van der Waals surface area contributed by atoms with Crippen LogP contribution < -0.4 is 10.1 Å². The van der Waals surface area contributed by atoms with E-state index in [9.17, 15) is 4.79 Å². The van der Waals surface area contributed by atoms with E-state index in [2.05, 4.69) is 12.2 Å². The van der Waals surface area contributed by atoms with Crippen molar-refractivity contribution in [3.63, 3.8) is 0 Å². The summed E-state index contributed by atoms with van der Waals surface area (Å²) in [6.07, 6.45) is 4.87. The number of benzene rings is 1. The van der Waals surface area contributed by atoms with E-state index in [-0.39, 0.29) is 5.91 Å². The maximum atomic E-state index is 12.6. The summed E-state index contributed by atoms with van der Waals surface area (Å²) in [5, 5.41) is 2.95. The molecule has 0 radical (unpaired) electrons. The van der Waals surface area contributed by atoms with E-state index in [0.29, 0.717) is 6.61 Å². The molecule has 4 heteroatoms. The van der Waals surface area contributed by atoms with Crippen LogP contribution in [0.2, 0.25) is 0 Å². The van der Waals surface area contributed by atoms with Crippen molar-refractivity contribution in [1.29, 1.82) is 0 Å². The molecule has 124 valence electrons. The molecule has 0 fully saturated rings. The minimum Gasteiger partial charge on any atom is -0.497 e. The van der Waals surface area contributed by atoms with Gasteiger partial charge in [-0.15, -0.1) is 0 Å². The van der Waals surface area contributed by atoms with Crippen LogP contribution in [0.3, 0.4) is 0 Å². The highest BCUT2D eigenvalue weighted by molar-refractivity contribution is 5.97. The van der Waals surface area contributed by atoms with Crippen molar-refractivity contribution in [2.75, 3.05) is 19.0 Å². The van der Waals surface area contributed by atoms with Crippen LogP contribution in [-0.2, 0) is 9.53 Å². The number of ether oxygens (including phenoxy) is 2. The Morgan fingerprint density at radius 1 is 1.14 bits per heavy atom. The molecule has 0 aliphatic carbocycles. The Balaban J connectivity index is 2.71. The fourth-order valence-corrected chi connectivity index (χ4v) is 2.23. The molecular weight excluding hydrogens is 278 g/mol. The lowest BCUT2D eigenvalue weighted by molar-refractivity contribution is -0.140. The lowest BCUT2D eigenvalue weighted by Crippen LogP contribution is -2.43. The van der Waals surface area contributed by atoms with Crippen molar-refractivity contribution in [2.24, 2.45) is 0 Å². The van der Waals surface area contributed by atoms with Gasteiger partial charge >= 0.3 is 0 Å². The summed E-state index contributed by atoms with van der Waals surface area (Å²) in [5.74, 6) is 0.688. The summed E-state index contributed by atoms with van der Waals surface area (Å²) >= 11 is 0. The number of carbonyl (C=O) groups is 1. The molecule has 4 nitrogen and oxygen atoms in total. The highest BCUT2D eigenvalue weighted by Crippen LogP contribution is 2.23. The van der Waals surface area contributed by atoms with Gasteiger partial charge in [-0.1, -0.05) is 33.1 Å². The zero-order valence-electron chi connectivity index (χ0n) is 14.3. The van der Waals surface area contributed by atoms with E-state index in [0.717, 1.165) is 43.5 Å². The molecule has 0 aliphatic rings. The van der Waals surface area contributed by atoms with Crippen molar-refractivity contribution < 1.29 is 14.3 Å². The Bertz CT molecular complexity index is 444. The van der Waals surface area contributed by atoms with Gasteiger partial charge in [-0.2, -0.15) is 0 Å². The Kier molecular flexibility index (Phi) is 7.96. The molecule has 1 aromatic carbocycles. The Hall–Kier alpha value is -1.55. The van der Waals surface area contributed by atoms with Crippen LogP contribution in [0.4, 0.5) is 5.69 Å². The molecule has 0 bridgehead atoms. The van der Waals surface area contributed by atoms with E-state index in [1.54, 1.807) is 7.11 Å². The average molecular weight is 307 g/mol. The first kappa shape index (κ1) is 18.5. The number of amides is 1. The molecular formula is C18H29NO3. The molecule has 1 aromatic rings. The smallest absolute Gasteiger partial charge is 0.256 e. The molecule has 0 heterocycles. The van der Waals surface area contributed by atoms with Crippen LogP contribution in [0, 0.1) is 0 Å². The van der Waals surface area contributed by atoms with Gasteiger partial charge in [-0.25, -0.2) is 0 Å². The van der Waals surface area contributed by atoms with E-state index in [4.69, 9.17) is 9.47 Å². The second-order valence-electron chi connectivity index (χ2n) is 5.72. The molecule has 1 amide bonds. The maximum absolute atomic E-state index is 12.6. The minimum absolute atomic E-state index is 0.0813. The van der Waals surface area contributed by atoms with Gasteiger partial charge in [-0.3, -0.25) is 4.79 Å². The van der Waals surface area contributed by atoms with Crippen LogP contribution in [-0.4, -0.2) is 25.2 Å². The third-order valence-electron chi connectivity index (χ3n) is 3.71. The molecule has 22 heavy (non-hydrogen) atoms. The third-order valence-corrected chi connectivity index (χ3v) is 3.71. The summed E-state index contributed by atoms with van der Waals surface area (Å²) in [5.41, 5.74) is -0.0157. The first-order chi connectivity index (χ1) is 10.6. The van der Waals surface area contributed by atoms with E-state index in [1.807, 2.05) is 38.1 Å². The Morgan fingerprint density at radius 2 is 1.82 bits per heavy atom. The molecule has 0 aromatic heterocycles. The molecule has 0 unspecified atom stereocenters. The first-order valence-corrected chi connectivity index (χ1v) is 8.15. The van der Waals surface area contributed by atoms with E-state index >= 15 is 0 Å². The van der Waals surface area contributed by atoms with Gasteiger partial charge in [0.1, 0.15) is 11.4 Å².